The van der Waals surface area contributed by atoms with Gasteiger partial charge in [0, 0.05) is 35.4 Å². The molecular formula is C21H17F3N4O2S. The van der Waals surface area contributed by atoms with Crippen molar-refractivity contribution >= 4 is 34.6 Å². The number of amides is 3. The summed E-state index contributed by atoms with van der Waals surface area (Å²) in [4.78, 5) is 30.4. The number of aromatic nitrogens is 1. The average molecular weight is 446 g/mol. The lowest BCUT2D eigenvalue weighted by Gasteiger charge is -2.17. The Morgan fingerprint density at radius 1 is 1.23 bits per heavy atom. The molecule has 1 aromatic heterocycles. The zero-order valence-electron chi connectivity index (χ0n) is 16.3. The molecule has 2 aromatic carbocycles. The molecule has 0 spiro atoms. The van der Waals surface area contributed by atoms with E-state index in [2.05, 4.69) is 15.6 Å². The molecule has 0 aliphatic carbocycles. The molecule has 31 heavy (non-hydrogen) atoms. The summed E-state index contributed by atoms with van der Waals surface area (Å²) in [6.45, 7) is 2.89. The summed E-state index contributed by atoms with van der Waals surface area (Å²) in [5.41, 5.74) is 1.59. The van der Waals surface area contributed by atoms with Crippen molar-refractivity contribution in [3.8, 4) is 10.6 Å². The van der Waals surface area contributed by atoms with Crippen molar-refractivity contribution in [3.05, 3.63) is 64.7 Å². The Hall–Kier alpha value is -3.40. The fourth-order valence-electron chi connectivity index (χ4n) is 3.16. The van der Waals surface area contributed by atoms with E-state index in [1.54, 1.807) is 23.1 Å². The van der Waals surface area contributed by atoms with E-state index < -0.39 is 17.6 Å². The number of thiazole rings is 1. The van der Waals surface area contributed by atoms with Crippen LogP contribution in [0.15, 0.2) is 47.8 Å². The summed E-state index contributed by atoms with van der Waals surface area (Å²) in [7, 11) is 0. The van der Waals surface area contributed by atoms with Crippen LogP contribution in [0.3, 0.4) is 0 Å². The van der Waals surface area contributed by atoms with Crippen molar-refractivity contribution in [2.45, 2.75) is 13.1 Å². The zero-order chi connectivity index (χ0) is 22.2. The van der Waals surface area contributed by atoms with Crippen molar-refractivity contribution in [2.24, 2.45) is 0 Å². The number of rotatable bonds is 4. The predicted octanol–water partition coefficient (Wildman–Crippen LogP) is 4.92. The van der Waals surface area contributed by atoms with Crippen LogP contribution in [0, 0.1) is 6.92 Å². The van der Waals surface area contributed by atoms with Gasteiger partial charge in [-0.3, -0.25) is 9.69 Å². The van der Waals surface area contributed by atoms with Gasteiger partial charge in [0.15, 0.2) is 0 Å². The highest BCUT2D eigenvalue weighted by Crippen LogP contribution is 2.33. The normalized spacial score (nSPS) is 13.9. The number of aryl methyl sites for hydroxylation is 1. The summed E-state index contributed by atoms with van der Waals surface area (Å²) in [6, 6.07) is 9.92. The van der Waals surface area contributed by atoms with Crippen LogP contribution < -0.4 is 15.5 Å². The van der Waals surface area contributed by atoms with E-state index in [1.807, 2.05) is 6.92 Å². The van der Waals surface area contributed by atoms with Gasteiger partial charge in [-0.15, -0.1) is 11.3 Å². The van der Waals surface area contributed by atoms with Gasteiger partial charge in [0.25, 0.3) is 5.91 Å². The number of alkyl halides is 3. The Bertz CT molecular complexity index is 1160. The van der Waals surface area contributed by atoms with Gasteiger partial charge in [-0.1, -0.05) is 18.2 Å². The molecule has 0 unspecified atom stereocenters. The lowest BCUT2D eigenvalue weighted by Crippen LogP contribution is -2.27. The van der Waals surface area contributed by atoms with Gasteiger partial charge in [0.1, 0.15) is 10.7 Å². The van der Waals surface area contributed by atoms with Gasteiger partial charge in [-0.05, 0) is 36.8 Å². The summed E-state index contributed by atoms with van der Waals surface area (Å²) in [6.07, 6.45) is -4.46. The minimum Gasteiger partial charge on any atom is -0.336 e. The third-order valence-corrected chi connectivity index (χ3v) is 5.70. The highest BCUT2D eigenvalue weighted by atomic mass is 32.1. The Balaban J connectivity index is 1.54. The first kappa shape index (κ1) is 20.9. The molecule has 2 N–H and O–H groups in total. The SMILES string of the molecule is Cc1ccc(N2CCNC2=O)cc1NC(=O)c1csc(-c2cccc(C(F)(F)F)c2)n1. The quantitative estimate of drug-likeness (QED) is 0.598. The van der Waals surface area contributed by atoms with Gasteiger partial charge in [0.05, 0.1) is 5.56 Å². The molecule has 0 radical (unpaired) electrons. The molecule has 2 heterocycles. The third-order valence-electron chi connectivity index (χ3n) is 4.81. The van der Waals surface area contributed by atoms with Crippen LogP contribution in [0.2, 0.25) is 0 Å². The summed E-state index contributed by atoms with van der Waals surface area (Å²) < 4.78 is 38.9. The Morgan fingerprint density at radius 2 is 2.03 bits per heavy atom. The molecule has 1 aliphatic rings. The van der Waals surface area contributed by atoms with E-state index in [9.17, 15) is 22.8 Å². The maximum absolute atomic E-state index is 13.0. The van der Waals surface area contributed by atoms with E-state index >= 15 is 0 Å². The summed E-state index contributed by atoms with van der Waals surface area (Å²) >= 11 is 1.09. The number of urea groups is 1. The smallest absolute Gasteiger partial charge is 0.336 e. The molecule has 3 aromatic rings. The number of hydrogen-bond acceptors (Lipinski definition) is 4. The second-order valence-corrected chi connectivity index (χ2v) is 7.81. The highest BCUT2D eigenvalue weighted by molar-refractivity contribution is 7.13. The second kappa shape index (κ2) is 8.03. The Morgan fingerprint density at radius 3 is 2.74 bits per heavy atom. The first-order valence-electron chi connectivity index (χ1n) is 9.33. The molecule has 4 rings (SSSR count). The van der Waals surface area contributed by atoms with Crippen LogP contribution in [0.25, 0.3) is 10.6 Å². The first-order valence-corrected chi connectivity index (χ1v) is 10.2. The molecule has 1 fully saturated rings. The Kier molecular flexibility index (Phi) is 5.40. The molecule has 0 bridgehead atoms. The van der Waals surface area contributed by atoms with E-state index in [0.29, 0.717) is 29.5 Å². The zero-order valence-corrected chi connectivity index (χ0v) is 17.1. The fourth-order valence-corrected chi connectivity index (χ4v) is 3.95. The van der Waals surface area contributed by atoms with Gasteiger partial charge < -0.3 is 10.6 Å². The molecular weight excluding hydrogens is 429 g/mol. The number of carbonyl (C=O) groups is 2. The van der Waals surface area contributed by atoms with Crippen molar-refractivity contribution in [1.29, 1.82) is 0 Å². The van der Waals surface area contributed by atoms with Gasteiger partial charge in [-0.25, -0.2) is 9.78 Å². The van der Waals surface area contributed by atoms with E-state index in [0.717, 1.165) is 29.0 Å². The lowest BCUT2D eigenvalue weighted by atomic mass is 10.1. The van der Waals surface area contributed by atoms with Gasteiger partial charge in [0.2, 0.25) is 0 Å². The lowest BCUT2D eigenvalue weighted by molar-refractivity contribution is -0.137. The summed E-state index contributed by atoms with van der Waals surface area (Å²) in [5.74, 6) is -0.486. The standard InChI is InChI=1S/C21H17F3N4O2S/c1-12-5-6-15(28-8-7-25-20(28)30)10-16(12)26-18(29)17-11-31-19(27-17)13-3-2-4-14(9-13)21(22,23)24/h2-6,9-11H,7-8H2,1H3,(H,25,30)(H,26,29). The number of anilines is 2. The number of carbonyl (C=O) groups excluding carboxylic acids is 2. The van der Waals surface area contributed by atoms with Crippen molar-refractivity contribution in [1.82, 2.24) is 10.3 Å². The van der Waals surface area contributed by atoms with E-state index in [1.165, 1.54) is 17.5 Å². The largest absolute Gasteiger partial charge is 0.416 e. The molecule has 1 aliphatic heterocycles. The number of nitrogens with zero attached hydrogens (tertiary/aromatic N) is 2. The van der Waals surface area contributed by atoms with Crippen LogP contribution in [-0.2, 0) is 6.18 Å². The topological polar surface area (TPSA) is 74.3 Å². The number of nitrogens with one attached hydrogen (secondary N) is 2. The molecule has 0 saturated carbocycles. The first-order chi connectivity index (χ1) is 14.7. The minimum absolute atomic E-state index is 0.0983. The Labute approximate surface area is 179 Å². The number of halogens is 3. The fraction of sp³-hybridized carbons (Fsp3) is 0.190. The maximum atomic E-state index is 13.0. The molecule has 3 amide bonds. The monoisotopic (exact) mass is 446 g/mol. The highest BCUT2D eigenvalue weighted by Gasteiger charge is 2.30. The summed E-state index contributed by atoms with van der Waals surface area (Å²) in [5, 5.41) is 7.31. The van der Waals surface area contributed by atoms with Crippen molar-refractivity contribution in [3.63, 3.8) is 0 Å². The van der Waals surface area contributed by atoms with Gasteiger partial charge >= 0.3 is 12.2 Å². The van der Waals surface area contributed by atoms with Crippen LogP contribution in [0.1, 0.15) is 21.6 Å². The maximum Gasteiger partial charge on any atom is 0.416 e. The van der Waals surface area contributed by atoms with Crippen molar-refractivity contribution < 1.29 is 22.8 Å². The molecule has 10 heteroatoms. The van der Waals surface area contributed by atoms with Crippen molar-refractivity contribution in [2.75, 3.05) is 23.3 Å². The van der Waals surface area contributed by atoms with Crippen LogP contribution in [0.4, 0.5) is 29.3 Å². The van der Waals surface area contributed by atoms with Crippen LogP contribution in [-0.4, -0.2) is 30.0 Å². The van der Waals surface area contributed by atoms with E-state index in [-0.39, 0.29) is 17.3 Å². The minimum atomic E-state index is -4.46. The molecule has 1 saturated heterocycles. The van der Waals surface area contributed by atoms with E-state index in [4.69, 9.17) is 0 Å². The van der Waals surface area contributed by atoms with Crippen LogP contribution >= 0.6 is 11.3 Å². The molecule has 6 nitrogen and oxygen atoms in total. The molecule has 160 valence electrons. The number of benzene rings is 2. The third kappa shape index (κ3) is 4.38. The predicted molar refractivity (Wildman–Crippen MR) is 112 cm³/mol. The molecule has 0 atom stereocenters. The second-order valence-electron chi connectivity index (χ2n) is 6.95. The number of hydrogen-bond donors (Lipinski definition) is 2. The average Bonchev–Trinajstić information content (AvgIpc) is 3.38. The van der Waals surface area contributed by atoms with Crippen LogP contribution in [0.5, 0.6) is 0 Å². The van der Waals surface area contributed by atoms with Gasteiger partial charge in [-0.2, -0.15) is 13.2 Å².